The van der Waals surface area contributed by atoms with Crippen LogP contribution in [0.25, 0.3) is 11.1 Å². The van der Waals surface area contributed by atoms with E-state index in [1.807, 2.05) is 16.8 Å². The summed E-state index contributed by atoms with van der Waals surface area (Å²) >= 11 is 0. The lowest BCUT2D eigenvalue weighted by Gasteiger charge is -2.27. The molecular formula is C29H34F3N7O3. The number of nitrogens with one attached hydrogen (secondary N) is 2. The summed E-state index contributed by atoms with van der Waals surface area (Å²) in [5.74, 6) is -0.879. The van der Waals surface area contributed by atoms with Crippen LogP contribution in [0.4, 0.5) is 30.5 Å². The number of pyridine rings is 1. The fraction of sp³-hybridized carbons (Fsp3) is 0.448. The first-order valence-electron chi connectivity index (χ1n) is 14.0. The summed E-state index contributed by atoms with van der Waals surface area (Å²) in [6.45, 7) is 6.68. The number of halogens is 3. The summed E-state index contributed by atoms with van der Waals surface area (Å²) in [5, 5.41) is 2.71. The Kier molecular flexibility index (Phi) is 9.07. The van der Waals surface area contributed by atoms with E-state index in [0.29, 0.717) is 62.7 Å². The van der Waals surface area contributed by atoms with Gasteiger partial charge < -0.3 is 29.7 Å². The first-order chi connectivity index (χ1) is 20.2. The number of likely N-dealkylation sites (N-methyl/N-ethyl adjacent to an activating group) is 1. The molecule has 0 bridgehead atoms. The van der Waals surface area contributed by atoms with Crippen molar-refractivity contribution in [3.05, 3.63) is 64.1 Å². The molecule has 13 heteroatoms. The van der Waals surface area contributed by atoms with Crippen LogP contribution in [-0.2, 0) is 4.74 Å². The second kappa shape index (κ2) is 12.9. The topological polar surface area (TPSA) is 107 Å². The Hall–Kier alpha value is -3.97. The van der Waals surface area contributed by atoms with Crippen molar-refractivity contribution in [1.29, 1.82) is 0 Å². The molecule has 4 heterocycles. The van der Waals surface area contributed by atoms with Gasteiger partial charge in [-0.3, -0.25) is 9.59 Å². The summed E-state index contributed by atoms with van der Waals surface area (Å²) < 4.78 is 48.5. The van der Waals surface area contributed by atoms with E-state index in [1.54, 1.807) is 0 Å². The Morgan fingerprint density at radius 1 is 1.17 bits per heavy atom. The van der Waals surface area contributed by atoms with E-state index in [4.69, 9.17) is 4.74 Å². The average molecular weight is 586 g/mol. The van der Waals surface area contributed by atoms with Gasteiger partial charge in [-0.1, -0.05) is 6.92 Å². The number of rotatable bonds is 9. The number of hydrogen-bond donors (Lipinski definition) is 2. The van der Waals surface area contributed by atoms with E-state index in [9.17, 15) is 18.4 Å². The van der Waals surface area contributed by atoms with Gasteiger partial charge in [0.2, 0.25) is 11.5 Å². The van der Waals surface area contributed by atoms with Crippen molar-refractivity contribution in [2.75, 3.05) is 68.1 Å². The van der Waals surface area contributed by atoms with Crippen molar-refractivity contribution in [2.45, 2.75) is 32.2 Å². The number of nitrogens with zero attached hydrogens (tertiary/aromatic N) is 5. The highest BCUT2D eigenvalue weighted by Gasteiger charge is 2.29. The van der Waals surface area contributed by atoms with E-state index in [-0.39, 0.29) is 22.9 Å². The third-order valence-corrected chi connectivity index (χ3v) is 7.72. The zero-order valence-corrected chi connectivity index (χ0v) is 23.6. The Labute approximate surface area is 241 Å². The molecule has 2 saturated heterocycles. The number of aromatic nitrogens is 3. The maximum Gasteiger partial charge on any atom is 0.264 e. The molecule has 42 heavy (non-hydrogen) atoms. The van der Waals surface area contributed by atoms with Crippen molar-refractivity contribution in [3.63, 3.8) is 0 Å². The number of ether oxygens (including phenoxy) is 1. The highest BCUT2D eigenvalue weighted by atomic mass is 19.3. The van der Waals surface area contributed by atoms with Crippen molar-refractivity contribution >= 4 is 23.2 Å². The van der Waals surface area contributed by atoms with Gasteiger partial charge in [0.15, 0.2) is 0 Å². The summed E-state index contributed by atoms with van der Waals surface area (Å²) in [6.07, 6.45) is 2.81. The minimum atomic E-state index is -3.04. The molecule has 2 N–H and O–H groups in total. The molecule has 2 aromatic heterocycles. The summed E-state index contributed by atoms with van der Waals surface area (Å²) in [6, 6.07) is 3.77. The molecule has 5 rings (SSSR count). The molecule has 0 saturated carbocycles. The molecular weight excluding hydrogens is 551 g/mol. The molecule has 0 aliphatic carbocycles. The van der Waals surface area contributed by atoms with Crippen LogP contribution < -0.4 is 20.7 Å². The fourth-order valence-corrected chi connectivity index (χ4v) is 5.44. The van der Waals surface area contributed by atoms with E-state index >= 15 is 4.39 Å². The van der Waals surface area contributed by atoms with Gasteiger partial charge in [0.05, 0.1) is 30.2 Å². The zero-order chi connectivity index (χ0) is 29.8. The predicted molar refractivity (Wildman–Crippen MR) is 154 cm³/mol. The largest absolute Gasteiger partial charge is 0.378 e. The number of carbonyl (C=O) groups is 1. The molecule has 2 fully saturated rings. The van der Waals surface area contributed by atoms with E-state index in [1.165, 1.54) is 24.5 Å². The van der Waals surface area contributed by atoms with E-state index < -0.39 is 29.3 Å². The van der Waals surface area contributed by atoms with Crippen LogP contribution in [0.5, 0.6) is 0 Å². The summed E-state index contributed by atoms with van der Waals surface area (Å²) in [7, 11) is 2.05. The van der Waals surface area contributed by atoms with Gasteiger partial charge in [0.25, 0.3) is 12.3 Å². The average Bonchev–Trinajstić information content (AvgIpc) is 3.49. The van der Waals surface area contributed by atoms with Gasteiger partial charge >= 0.3 is 0 Å². The van der Waals surface area contributed by atoms with Crippen LogP contribution in [0.3, 0.4) is 0 Å². The molecule has 1 amide bonds. The number of hydrogen-bond acceptors (Lipinski definition) is 8. The SMILES string of the molecule is CCCN(C)C1CCN(c2cc(F)c(-c3cnc(N4CCOCC4)nc3)cc2NC(=O)c2c[nH]c(=O)cc2C(F)F)C1. The van der Waals surface area contributed by atoms with Gasteiger partial charge in [-0.25, -0.2) is 23.1 Å². The molecule has 2 aliphatic rings. The minimum Gasteiger partial charge on any atom is -0.378 e. The predicted octanol–water partition coefficient (Wildman–Crippen LogP) is 3.92. The molecule has 2 aliphatic heterocycles. The van der Waals surface area contributed by atoms with Crippen molar-refractivity contribution < 1.29 is 22.7 Å². The van der Waals surface area contributed by atoms with Crippen molar-refractivity contribution in [1.82, 2.24) is 19.9 Å². The number of amides is 1. The lowest BCUT2D eigenvalue weighted by molar-refractivity contribution is 0.101. The Morgan fingerprint density at radius 2 is 1.90 bits per heavy atom. The molecule has 1 aromatic carbocycles. The zero-order valence-electron chi connectivity index (χ0n) is 23.6. The quantitative estimate of drug-likeness (QED) is 0.389. The van der Waals surface area contributed by atoms with Crippen molar-refractivity contribution in [3.8, 4) is 11.1 Å². The maximum atomic E-state index is 15.7. The Bertz CT molecular complexity index is 1460. The van der Waals surface area contributed by atoms with Gasteiger partial charge in [0.1, 0.15) is 5.82 Å². The van der Waals surface area contributed by atoms with E-state index in [0.717, 1.165) is 25.6 Å². The second-order valence-corrected chi connectivity index (χ2v) is 10.5. The molecule has 10 nitrogen and oxygen atoms in total. The van der Waals surface area contributed by atoms with Crippen LogP contribution in [0, 0.1) is 5.82 Å². The van der Waals surface area contributed by atoms with Crippen LogP contribution in [0.2, 0.25) is 0 Å². The number of carbonyl (C=O) groups excluding carboxylic acids is 1. The third kappa shape index (κ3) is 6.41. The molecule has 224 valence electrons. The number of morpholine rings is 1. The maximum absolute atomic E-state index is 15.7. The number of alkyl halides is 2. The van der Waals surface area contributed by atoms with Crippen LogP contribution in [0.15, 0.2) is 41.6 Å². The standard InChI is InChI=1S/C29H34F3N7O3/c1-3-5-37(2)19-4-6-39(17-19)25-13-23(30)20(18-14-34-29(35-15-18)38-7-9-42-10-8-38)11-24(25)36-28(41)22-16-33-26(40)12-21(22)27(31)32/h11-16,19,27H,3-10,17H2,1-2H3,(H,33,40)(H,36,41). The van der Waals surface area contributed by atoms with Crippen molar-refractivity contribution in [2.24, 2.45) is 0 Å². The molecule has 0 spiro atoms. The van der Waals surface area contributed by atoms with Gasteiger partial charge in [-0.15, -0.1) is 0 Å². The van der Waals surface area contributed by atoms with Gasteiger partial charge in [-0.05, 0) is 38.6 Å². The smallest absolute Gasteiger partial charge is 0.264 e. The molecule has 0 radical (unpaired) electrons. The summed E-state index contributed by atoms with van der Waals surface area (Å²) in [5.41, 5.74) is -0.574. The number of aromatic amines is 1. The third-order valence-electron chi connectivity index (χ3n) is 7.72. The fourth-order valence-electron chi connectivity index (χ4n) is 5.44. The first-order valence-corrected chi connectivity index (χ1v) is 14.0. The highest BCUT2D eigenvalue weighted by Crippen LogP contribution is 2.37. The normalized spacial score (nSPS) is 17.4. The Morgan fingerprint density at radius 3 is 2.60 bits per heavy atom. The first kappa shape index (κ1) is 29.5. The summed E-state index contributed by atoms with van der Waals surface area (Å²) in [4.78, 5) is 42.3. The highest BCUT2D eigenvalue weighted by molar-refractivity contribution is 6.07. The Balaban J connectivity index is 1.50. The number of anilines is 3. The monoisotopic (exact) mass is 585 g/mol. The van der Waals surface area contributed by atoms with Gasteiger partial charge in [-0.2, -0.15) is 0 Å². The molecule has 1 atom stereocenters. The van der Waals surface area contributed by atoms with Crippen LogP contribution in [0.1, 0.15) is 42.1 Å². The molecule has 3 aromatic rings. The lowest BCUT2D eigenvalue weighted by atomic mass is 10.0. The lowest BCUT2D eigenvalue weighted by Crippen LogP contribution is -2.37. The number of H-pyrrole nitrogens is 1. The van der Waals surface area contributed by atoms with Crippen LogP contribution >= 0.6 is 0 Å². The minimum absolute atomic E-state index is 0.150. The molecule has 1 unspecified atom stereocenters. The number of benzene rings is 1. The van der Waals surface area contributed by atoms with Crippen LogP contribution in [-0.4, -0.2) is 84.8 Å². The van der Waals surface area contributed by atoms with E-state index in [2.05, 4.69) is 32.1 Å². The van der Waals surface area contributed by atoms with Gasteiger partial charge in [0, 0.05) is 73.6 Å². The second-order valence-electron chi connectivity index (χ2n) is 10.5.